The number of aromatic amines is 2. The standard InChI is InChI=1S/C17H19N5O2/c23-12-5-3-11(4-6-12)14-13(8-10-2-1-7-18-9-10)19-15-16(20-14)22-17(24)21-15/h3-6,10,18,23H,1-2,7-9H2,(H2,19,20,21,22,24). The lowest BCUT2D eigenvalue weighted by Crippen LogP contribution is -2.31. The van der Waals surface area contributed by atoms with Gasteiger partial charge < -0.3 is 10.4 Å². The van der Waals surface area contributed by atoms with Gasteiger partial charge in [0.15, 0.2) is 11.3 Å². The van der Waals surface area contributed by atoms with Crippen molar-refractivity contribution in [3.05, 3.63) is 40.4 Å². The molecule has 4 rings (SSSR count). The molecule has 0 radical (unpaired) electrons. The number of fused-ring (bicyclic) bond motifs is 1. The molecule has 0 amide bonds. The van der Waals surface area contributed by atoms with E-state index in [1.54, 1.807) is 12.1 Å². The summed E-state index contributed by atoms with van der Waals surface area (Å²) in [5.41, 5.74) is 3.14. The van der Waals surface area contributed by atoms with Crippen LogP contribution >= 0.6 is 0 Å². The summed E-state index contributed by atoms with van der Waals surface area (Å²) in [5, 5.41) is 12.9. The van der Waals surface area contributed by atoms with E-state index in [0.717, 1.165) is 49.3 Å². The smallest absolute Gasteiger partial charge is 0.326 e. The van der Waals surface area contributed by atoms with E-state index in [9.17, 15) is 9.90 Å². The molecule has 24 heavy (non-hydrogen) atoms. The molecule has 1 aliphatic rings. The Hall–Kier alpha value is -2.67. The molecule has 0 spiro atoms. The van der Waals surface area contributed by atoms with Gasteiger partial charge in [-0.3, -0.25) is 9.97 Å². The number of H-pyrrole nitrogens is 2. The van der Waals surface area contributed by atoms with Crippen LogP contribution < -0.4 is 11.0 Å². The second kappa shape index (κ2) is 6.09. The number of benzene rings is 1. The van der Waals surface area contributed by atoms with Crippen LogP contribution in [-0.2, 0) is 6.42 Å². The number of piperidine rings is 1. The lowest BCUT2D eigenvalue weighted by molar-refractivity contribution is 0.374. The number of hydrogen-bond acceptors (Lipinski definition) is 5. The van der Waals surface area contributed by atoms with Crippen molar-refractivity contribution in [2.75, 3.05) is 13.1 Å². The third-order valence-electron chi connectivity index (χ3n) is 4.45. The van der Waals surface area contributed by atoms with Crippen LogP contribution in [-0.4, -0.2) is 38.1 Å². The van der Waals surface area contributed by atoms with Crippen molar-refractivity contribution in [2.24, 2.45) is 5.92 Å². The highest BCUT2D eigenvalue weighted by Gasteiger charge is 2.19. The van der Waals surface area contributed by atoms with Gasteiger partial charge in [0, 0.05) is 5.56 Å². The molecule has 4 N–H and O–H groups in total. The van der Waals surface area contributed by atoms with Crippen LogP contribution in [0.3, 0.4) is 0 Å². The summed E-state index contributed by atoms with van der Waals surface area (Å²) in [5.74, 6) is 0.716. The topological polar surface area (TPSA) is 107 Å². The summed E-state index contributed by atoms with van der Waals surface area (Å²) in [6.07, 6.45) is 3.13. The number of nitrogens with zero attached hydrogens (tertiary/aromatic N) is 2. The lowest BCUT2D eigenvalue weighted by Gasteiger charge is -2.23. The third-order valence-corrected chi connectivity index (χ3v) is 4.45. The van der Waals surface area contributed by atoms with Crippen molar-refractivity contribution < 1.29 is 5.11 Å². The maximum absolute atomic E-state index is 11.5. The highest BCUT2D eigenvalue weighted by Crippen LogP contribution is 2.27. The summed E-state index contributed by atoms with van der Waals surface area (Å²) in [7, 11) is 0. The molecular formula is C17H19N5O2. The third kappa shape index (κ3) is 2.90. The van der Waals surface area contributed by atoms with E-state index >= 15 is 0 Å². The first-order valence-corrected chi connectivity index (χ1v) is 8.18. The van der Waals surface area contributed by atoms with E-state index in [-0.39, 0.29) is 11.4 Å². The number of hydrogen-bond donors (Lipinski definition) is 4. The van der Waals surface area contributed by atoms with Gasteiger partial charge in [-0.1, -0.05) is 0 Å². The van der Waals surface area contributed by atoms with Gasteiger partial charge in [0.2, 0.25) is 0 Å². The van der Waals surface area contributed by atoms with Crippen LogP contribution in [0.5, 0.6) is 5.75 Å². The Bertz CT molecular complexity index is 907. The molecule has 1 saturated heterocycles. The minimum absolute atomic E-state index is 0.209. The average molecular weight is 325 g/mol. The molecule has 3 aromatic rings. The number of aromatic nitrogens is 4. The Balaban J connectivity index is 1.80. The molecule has 1 aliphatic heterocycles. The second-order valence-corrected chi connectivity index (χ2v) is 6.26. The van der Waals surface area contributed by atoms with Gasteiger partial charge in [0.05, 0.1) is 11.4 Å². The fraction of sp³-hybridized carbons (Fsp3) is 0.353. The van der Waals surface area contributed by atoms with Crippen molar-refractivity contribution in [1.29, 1.82) is 0 Å². The van der Waals surface area contributed by atoms with Gasteiger partial charge in [-0.25, -0.2) is 14.8 Å². The summed E-state index contributed by atoms with van der Waals surface area (Å²) >= 11 is 0. The highest BCUT2D eigenvalue weighted by molar-refractivity contribution is 5.72. The highest BCUT2D eigenvalue weighted by atomic mass is 16.3. The molecule has 0 saturated carbocycles. The predicted molar refractivity (Wildman–Crippen MR) is 90.9 cm³/mol. The summed E-state index contributed by atoms with van der Waals surface area (Å²) < 4.78 is 0. The fourth-order valence-corrected chi connectivity index (χ4v) is 3.26. The number of phenolic OH excluding ortho intramolecular Hbond substituents is 1. The van der Waals surface area contributed by atoms with Gasteiger partial charge in [-0.15, -0.1) is 0 Å². The Morgan fingerprint density at radius 3 is 2.58 bits per heavy atom. The minimum atomic E-state index is -0.307. The van der Waals surface area contributed by atoms with Crippen LogP contribution in [0.4, 0.5) is 0 Å². The monoisotopic (exact) mass is 325 g/mol. The molecule has 0 aliphatic carbocycles. The molecule has 1 aromatic carbocycles. The fourth-order valence-electron chi connectivity index (χ4n) is 3.26. The molecule has 1 atom stereocenters. The van der Waals surface area contributed by atoms with Crippen LogP contribution in [0.25, 0.3) is 22.6 Å². The summed E-state index contributed by atoms with van der Waals surface area (Å²) in [6.45, 7) is 2.04. The van der Waals surface area contributed by atoms with E-state index in [0.29, 0.717) is 17.2 Å². The van der Waals surface area contributed by atoms with E-state index in [1.165, 1.54) is 0 Å². The van der Waals surface area contributed by atoms with Crippen LogP contribution in [0.15, 0.2) is 29.1 Å². The largest absolute Gasteiger partial charge is 0.508 e. The van der Waals surface area contributed by atoms with Crippen molar-refractivity contribution in [1.82, 2.24) is 25.3 Å². The molecule has 3 heterocycles. The van der Waals surface area contributed by atoms with E-state index in [1.807, 2.05) is 12.1 Å². The maximum Gasteiger partial charge on any atom is 0.326 e. The normalized spacial score (nSPS) is 18.1. The Morgan fingerprint density at radius 1 is 1.12 bits per heavy atom. The van der Waals surface area contributed by atoms with Gasteiger partial charge in [-0.2, -0.15) is 0 Å². The molecule has 124 valence electrons. The number of nitrogens with one attached hydrogen (secondary N) is 3. The quantitative estimate of drug-likeness (QED) is 0.585. The molecule has 1 fully saturated rings. The van der Waals surface area contributed by atoms with Crippen molar-refractivity contribution >= 4 is 11.3 Å². The summed E-state index contributed by atoms with van der Waals surface area (Å²) in [6, 6.07) is 6.90. The van der Waals surface area contributed by atoms with E-state index in [2.05, 4.69) is 25.3 Å². The number of imidazole rings is 1. The van der Waals surface area contributed by atoms with Crippen LogP contribution in [0.2, 0.25) is 0 Å². The molecule has 1 unspecified atom stereocenters. The Morgan fingerprint density at radius 2 is 1.88 bits per heavy atom. The maximum atomic E-state index is 11.5. The van der Waals surface area contributed by atoms with Gasteiger partial charge in [-0.05, 0) is 62.5 Å². The molecule has 2 aromatic heterocycles. The lowest BCUT2D eigenvalue weighted by atomic mass is 9.93. The zero-order valence-electron chi connectivity index (χ0n) is 13.2. The van der Waals surface area contributed by atoms with E-state index < -0.39 is 0 Å². The zero-order chi connectivity index (χ0) is 16.5. The molecular weight excluding hydrogens is 306 g/mol. The molecule has 0 bridgehead atoms. The van der Waals surface area contributed by atoms with Crippen molar-refractivity contribution in [3.63, 3.8) is 0 Å². The average Bonchev–Trinajstić information content (AvgIpc) is 2.95. The SMILES string of the molecule is O=c1[nH]c2nc(CC3CCCNC3)c(-c3ccc(O)cc3)nc2[nH]1. The number of rotatable bonds is 3. The van der Waals surface area contributed by atoms with Gasteiger partial charge >= 0.3 is 5.69 Å². The first-order valence-electron chi connectivity index (χ1n) is 8.18. The van der Waals surface area contributed by atoms with Crippen LogP contribution in [0, 0.1) is 5.92 Å². The Labute approximate surface area is 138 Å². The first kappa shape index (κ1) is 14.9. The van der Waals surface area contributed by atoms with Crippen molar-refractivity contribution in [3.8, 4) is 17.0 Å². The van der Waals surface area contributed by atoms with Crippen LogP contribution in [0.1, 0.15) is 18.5 Å². The first-order chi connectivity index (χ1) is 11.7. The van der Waals surface area contributed by atoms with Crippen molar-refractivity contribution in [2.45, 2.75) is 19.3 Å². The molecule has 7 nitrogen and oxygen atoms in total. The second-order valence-electron chi connectivity index (χ2n) is 6.26. The van der Waals surface area contributed by atoms with E-state index in [4.69, 9.17) is 0 Å². The predicted octanol–water partition coefficient (Wildman–Crippen LogP) is 1.56. The minimum Gasteiger partial charge on any atom is -0.508 e. The number of aromatic hydroxyl groups is 1. The zero-order valence-corrected chi connectivity index (χ0v) is 13.2. The van der Waals surface area contributed by atoms with Gasteiger partial charge in [0.25, 0.3) is 0 Å². The van der Waals surface area contributed by atoms with Gasteiger partial charge in [0.1, 0.15) is 5.75 Å². The molecule has 7 heteroatoms. The number of phenols is 1. The summed E-state index contributed by atoms with van der Waals surface area (Å²) in [4.78, 5) is 26.2. The Kier molecular flexibility index (Phi) is 3.78.